The molecule has 0 aliphatic heterocycles. The normalized spacial score (nSPS) is 15.1. The molecule has 0 bridgehead atoms. The first-order chi connectivity index (χ1) is 15.9. The van der Waals surface area contributed by atoms with E-state index in [9.17, 15) is 4.79 Å². The Morgan fingerprint density at radius 2 is 1.53 bits per heavy atom. The van der Waals surface area contributed by atoms with Crippen LogP contribution in [0.5, 0.6) is 0 Å². The molecule has 0 radical (unpaired) electrons. The molecule has 3 aromatic rings. The van der Waals surface area contributed by atoms with E-state index >= 15 is 0 Å². The van der Waals surface area contributed by atoms with Gasteiger partial charge in [0.2, 0.25) is 0 Å². The van der Waals surface area contributed by atoms with Crippen molar-refractivity contribution in [2.75, 3.05) is 7.11 Å². The topological polar surface area (TPSA) is 44.8 Å². The summed E-state index contributed by atoms with van der Waals surface area (Å²) in [5.74, 6) is -0.418. The Labute approximate surface area is 205 Å². The van der Waals surface area contributed by atoms with Gasteiger partial charge in [-0.2, -0.15) is 0 Å². The van der Waals surface area contributed by atoms with E-state index in [2.05, 4.69) is 33.9 Å². The van der Waals surface area contributed by atoms with Crippen molar-refractivity contribution in [3.63, 3.8) is 0 Å². The Bertz CT molecular complexity index is 1140. The molecule has 0 amide bonds. The molecule has 0 heterocycles. The Hall–Kier alpha value is -2.47. The fourth-order valence-corrected chi connectivity index (χ4v) is 4.77. The molecule has 5 heteroatoms. The van der Waals surface area contributed by atoms with Gasteiger partial charge in [-0.05, 0) is 53.9 Å². The summed E-state index contributed by atoms with van der Waals surface area (Å²) >= 11 is 0. The van der Waals surface area contributed by atoms with Gasteiger partial charge in [0.25, 0.3) is 0 Å². The van der Waals surface area contributed by atoms with E-state index in [1.165, 1.54) is 0 Å². The second kappa shape index (κ2) is 10.0. The monoisotopic (exact) mass is 478 g/mol. The molecule has 0 saturated heterocycles. The smallest absolute Gasteiger partial charge is 0.343 e. The zero-order valence-corrected chi connectivity index (χ0v) is 22.8. The summed E-state index contributed by atoms with van der Waals surface area (Å²) in [6, 6.07) is 21.9. The first-order valence-corrected chi connectivity index (χ1v) is 14.8. The maximum absolute atomic E-state index is 13.5. The summed E-state index contributed by atoms with van der Waals surface area (Å²) in [7, 11) is -0.361. The Morgan fingerprint density at radius 3 is 2.21 bits per heavy atom. The van der Waals surface area contributed by atoms with Gasteiger partial charge in [-0.3, -0.25) is 0 Å². The standard InChI is InChI=1S/C29H38O4Si/c1-21(24-17-11-10-15-23(24)20-32-34(7,8)28(2,3)4)33-27(30)29(5,31-6)26-19-13-16-22-14-9-12-18-25(22)26/h9-19,21H,20H2,1-8H3/t21?,29-/m0/s1. The van der Waals surface area contributed by atoms with Gasteiger partial charge in [-0.25, -0.2) is 4.79 Å². The number of carbonyl (C=O) groups excluding carboxylic acids is 1. The van der Waals surface area contributed by atoms with Crippen molar-refractivity contribution in [3.8, 4) is 0 Å². The number of fused-ring (bicyclic) bond motifs is 1. The van der Waals surface area contributed by atoms with Gasteiger partial charge in [0, 0.05) is 12.7 Å². The van der Waals surface area contributed by atoms with E-state index in [1.54, 1.807) is 14.0 Å². The van der Waals surface area contributed by atoms with Crippen LogP contribution >= 0.6 is 0 Å². The summed E-state index contributed by atoms with van der Waals surface area (Å²) < 4.78 is 18.3. The molecule has 0 N–H and O–H groups in total. The van der Waals surface area contributed by atoms with Crippen LogP contribution in [0.4, 0.5) is 0 Å². The lowest BCUT2D eigenvalue weighted by Gasteiger charge is -2.36. The molecule has 3 rings (SSSR count). The van der Waals surface area contributed by atoms with Crippen LogP contribution in [-0.2, 0) is 30.9 Å². The molecule has 4 nitrogen and oxygen atoms in total. The minimum absolute atomic E-state index is 0.124. The van der Waals surface area contributed by atoms with E-state index in [-0.39, 0.29) is 5.04 Å². The van der Waals surface area contributed by atoms with Gasteiger partial charge >= 0.3 is 5.97 Å². The number of rotatable bonds is 8. The van der Waals surface area contributed by atoms with Crippen molar-refractivity contribution >= 4 is 25.1 Å². The number of benzene rings is 3. The SMILES string of the molecule is CO[C@](C)(C(=O)OC(C)c1ccccc1CO[Si](C)(C)C(C)(C)C)c1cccc2ccccc12. The van der Waals surface area contributed by atoms with E-state index in [0.29, 0.717) is 6.61 Å². The van der Waals surface area contributed by atoms with Gasteiger partial charge in [0.1, 0.15) is 6.10 Å². The van der Waals surface area contributed by atoms with Crippen LogP contribution in [0, 0.1) is 0 Å². The van der Waals surface area contributed by atoms with Crippen LogP contribution in [0.3, 0.4) is 0 Å². The molecular formula is C29H38O4Si. The quantitative estimate of drug-likeness (QED) is 0.248. The molecule has 0 aliphatic rings. The van der Waals surface area contributed by atoms with Gasteiger partial charge in [0.15, 0.2) is 13.9 Å². The highest BCUT2D eigenvalue weighted by Gasteiger charge is 2.40. The molecule has 2 atom stereocenters. The number of hydrogen-bond donors (Lipinski definition) is 0. The Balaban J connectivity index is 1.85. The zero-order valence-electron chi connectivity index (χ0n) is 21.8. The molecule has 0 aromatic heterocycles. The molecule has 0 saturated carbocycles. The molecule has 182 valence electrons. The Kier molecular flexibility index (Phi) is 7.71. The maximum Gasteiger partial charge on any atom is 0.343 e. The average Bonchev–Trinajstić information content (AvgIpc) is 2.81. The Morgan fingerprint density at radius 1 is 0.912 bits per heavy atom. The number of carbonyl (C=O) groups is 1. The highest BCUT2D eigenvalue weighted by Crippen LogP contribution is 2.38. The summed E-state index contributed by atoms with van der Waals surface area (Å²) in [6.07, 6.45) is -0.448. The molecule has 0 fully saturated rings. The summed E-state index contributed by atoms with van der Waals surface area (Å²) in [5, 5.41) is 2.15. The van der Waals surface area contributed by atoms with Crippen LogP contribution in [0.15, 0.2) is 66.7 Å². The highest BCUT2D eigenvalue weighted by atomic mass is 28.4. The minimum Gasteiger partial charge on any atom is -0.455 e. The van der Waals surface area contributed by atoms with Crippen LogP contribution in [-0.4, -0.2) is 21.4 Å². The third-order valence-electron chi connectivity index (χ3n) is 7.27. The molecule has 34 heavy (non-hydrogen) atoms. The van der Waals surface area contributed by atoms with Crippen LogP contribution < -0.4 is 0 Å². The average molecular weight is 479 g/mol. The van der Waals surface area contributed by atoms with E-state index in [0.717, 1.165) is 27.5 Å². The fourth-order valence-electron chi connectivity index (χ4n) is 3.82. The van der Waals surface area contributed by atoms with Gasteiger partial charge in [-0.1, -0.05) is 87.5 Å². The van der Waals surface area contributed by atoms with Crippen molar-refractivity contribution in [2.45, 2.75) is 71.1 Å². The van der Waals surface area contributed by atoms with Crippen molar-refractivity contribution in [1.82, 2.24) is 0 Å². The third kappa shape index (κ3) is 5.27. The third-order valence-corrected chi connectivity index (χ3v) is 11.8. The maximum atomic E-state index is 13.5. The van der Waals surface area contributed by atoms with Crippen LogP contribution in [0.2, 0.25) is 18.1 Å². The largest absolute Gasteiger partial charge is 0.455 e. The molecule has 1 unspecified atom stereocenters. The summed E-state index contributed by atoms with van der Waals surface area (Å²) in [5.41, 5.74) is 1.55. The first kappa shape index (κ1) is 26.1. The minimum atomic E-state index is -1.91. The highest BCUT2D eigenvalue weighted by molar-refractivity contribution is 6.74. The molecule has 3 aromatic carbocycles. The molecule has 0 aliphatic carbocycles. The van der Waals surface area contributed by atoms with E-state index in [4.69, 9.17) is 13.9 Å². The number of esters is 1. The predicted octanol–water partition coefficient (Wildman–Crippen LogP) is 7.53. The molecular weight excluding hydrogens is 440 g/mol. The van der Waals surface area contributed by atoms with Gasteiger partial charge in [0.05, 0.1) is 6.61 Å². The predicted molar refractivity (Wildman–Crippen MR) is 141 cm³/mol. The van der Waals surface area contributed by atoms with E-state index in [1.807, 2.05) is 73.7 Å². The lowest BCUT2D eigenvalue weighted by Crippen LogP contribution is -2.40. The van der Waals surface area contributed by atoms with Crippen molar-refractivity contribution in [3.05, 3.63) is 83.4 Å². The van der Waals surface area contributed by atoms with Crippen molar-refractivity contribution < 1.29 is 18.7 Å². The van der Waals surface area contributed by atoms with E-state index < -0.39 is 26.0 Å². The van der Waals surface area contributed by atoms with Crippen LogP contribution in [0.1, 0.15) is 57.4 Å². The van der Waals surface area contributed by atoms with Gasteiger partial charge in [-0.15, -0.1) is 0 Å². The molecule has 0 spiro atoms. The fraction of sp³-hybridized carbons (Fsp3) is 0.414. The number of methoxy groups -OCH3 is 1. The lowest BCUT2D eigenvalue weighted by molar-refractivity contribution is -0.173. The van der Waals surface area contributed by atoms with Crippen molar-refractivity contribution in [1.29, 1.82) is 0 Å². The first-order valence-electron chi connectivity index (χ1n) is 11.9. The summed E-state index contributed by atoms with van der Waals surface area (Å²) in [6.45, 7) is 15.4. The van der Waals surface area contributed by atoms with Crippen LogP contribution in [0.25, 0.3) is 10.8 Å². The summed E-state index contributed by atoms with van der Waals surface area (Å²) in [4.78, 5) is 13.5. The van der Waals surface area contributed by atoms with Crippen molar-refractivity contribution in [2.24, 2.45) is 0 Å². The zero-order chi connectivity index (χ0) is 25.1. The second-order valence-electron chi connectivity index (χ2n) is 10.6. The van der Waals surface area contributed by atoms with Gasteiger partial charge < -0.3 is 13.9 Å². The lowest BCUT2D eigenvalue weighted by atomic mass is 9.90. The number of ether oxygens (including phenoxy) is 2. The number of hydrogen-bond acceptors (Lipinski definition) is 4. The second-order valence-corrected chi connectivity index (χ2v) is 15.4.